The second kappa shape index (κ2) is 9.06. The van der Waals surface area contributed by atoms with Gasteiger partial charge in [-0.05, 0) is 43.2 Å². The highest BCUT2D eigenvalue weighted by molar-refractivity contribution is 6.30. The highest BCUT2D eigenvalue weighted by Crippen LogP contribution is 2.27. The number of aromatic nitrogens is 2. The summed E-state index contributed by atoms with van der Waals surface area (Å²) in [5.74, 6) is 2.28. The van der Waals surface area contributed by atoms with Gasteiger partial charge in [0, 0.05) is 17.6 Å². The molecule has 134 valence electrons. The van der Waals surface area contributed by atoms with E-state index < -0.39 is 0 Å². The number of para-hydroxylation sites is 2. The Labute approximate surface area is 158 Å². The van der Waals surface area contributed by atoms with Crippen LogP contribution in [-0.2, 0) is 6.42 Å². The van der Waals surface area contributed by atoms with Crippen molar-refractivity contribution >= 4 is 28.9 Å². The number of halogens is 1. The Morgan fingerprint density at radius 3 is 2.58 bits per heavy atom. The maximum Gasteiger partial charge on any atom is 0.142 e. The molecule has 1 heterocycles. The van der Waals surface area contributed by atoms with Crippen LogP contribution in [0.3, 0.4) is 0 Å². The third-order valence-electron chi connectivity index (χ3n) is 3.75. The van der Waals surface area contributed by atoms with Crippen molar-refractivity contribution in [1.82, 2.24) is 9.97 Å². The topological polar surface area (TPSA) is 59.1 Å². The van der Waals surface area contributed by atoms with Gasteiger partial charge < -0.3 is 15.4 Å². The van der Waals surface area contributed by atoms with Crippen molar-refractivity contribution in [2.45, 2.75) is 13.3 Å². The van der Waals surface area contributed by atoms with Crippen LogP contribution in [0, 0.1) is 0 Å². The monoisotopic (exact) mass is 368 g/mol. The number of nitrogens with zero attached hydrogens (tertiary/aromatic N) is 2. The van der Waals surface area contributed by atoms with E-state index in [-0.39, 0.29) is 0 Å². The number of nitrogens with one attached hydrogen (secondary N) is 2. The van der Waals surface area contributed by atoms with Gasteiger partial charge in [-0.15, -0.1) is 0 Å². The zero-order chi connectivity index (χ0) is 18.2. The van der Waals surface area contributed by atoms with Gasteiger partial charge in [0.2, 0.25) is 0 Å². The quantitative estimate of drug-likeness (QED) is 0.590. The van der Waals surface area contributed by atoms with Crippen LogP contribution in [0.1, 0.15) is 12.5 Å². The largest absolute Gasteiger partial charge is 0.492 e. The predicted molar refractivity (Wildman–Crippen MR) is 107 cm³/mol. The highest BCUT2D eigenvalue weighted by atomic mass is 35.5. The first kappa shape index (κ1) is 18.0. The van der Waals surface area contributed by atoms with Crippen LogP contribution in [0.4, 0.5) is 17.3 Å². The summed E-state index contributed by atoms with van der Waals surface area (Å²) in [6.07, 6.45) is 2.42. The number of ether oxygens (including phenoxy) is 1. The van der Waals surface area contributed by atoms with E-state index in [0.717, 1.165) is 35.2 Å². The molecule has 0 spiro atoms. The number of anilines is 3. The maximum absolute atomic E-state index is 5.91. The Bertz CT molecular complexity index is 839. The Morgan fingerprint density at radius 1 is 1.00 bits per heavy atom. The average Bonchev–Trinajstić information content (AvgIpc) is 2.66. The van der Waals surface area contributed by atoms with Gasteiger partial charge in [0.15, 0.2) is 0 Å². The lowest BCUT2D eigenvalue weighted by Gasteiger charge is -2.12. The fourth-order valence-electron chi connectivity index (χ4n) is 2.50. The zero-order valence-corrected chi connectivity index (χ0v) is 15.3. The lowest BCUT2D eigenvalue weighted by atomic mass is 10.1. The highest BCUT2D eigenvalue weighted by Gasteiger charge is 2.05. The molecule has 0 aliphatic heterocycles. The second-order valence-corrected chi connectivity index (χ2v) is 6.08. The van der Waals surface area contributed by atoms with Gasteiger partial charge >= 0.3 is 0 Å². The standard InChI is InChI=1S/C20H21ClN4O/c1-2-26-18-6-4-3-5-17(18)25-20-13-19(23-14-24-20)22-12-11-15-7-9-16(21)10-8-15/h3-10,13-14H,2,11-12H2,1H3,(H2,22,23,24,25). The minimum absolute atomic E-state index is 0.611. The van der Waals surface area contributed by atoms with Crippen molar-refractivity contribution in [2.75, 3.05) is 23.8 Å². The normalized spacial score (nSPS) is 10.4. The summed E-state index contributed by atoms with van der Waals surface area (Å²) in [5.41, 5.74) is 2.10. The third kappa shape index (κ3) is 5.10. The average molecular weight is 369 g/mol. The molecule has 0 saturated heterocycles. The van der Waals surface area contributed by atoms with E-state index in [1.54, 1.807) is 0 Å². The molecule has 3 rings (SSSR count). The number of hydrogen-bond donors (Lipinski definition) is 2. The predicted octanol–water partition coefficient (Wildman–Crippen LogP) is 4.93. The third-order valence-corrected chi connectivity index (χ3v) is 4.00. The fourth-order valence-corrected chi connectivity index (χ4v) is 2.62. The van der Waals surface area contributed by atoms with Crippen molar-refractivity contribution in [3.05, 3.63) is 71.5 Å². The molecule has 2 N–H and O–H groups in total. The van der Waals surface area contributed by atoms with Crippen LogP contribution in [-0.4, -0.2) is 23.1 Å². The molecule has 6 heteroatoms. The Balaban J connectivity index is 1.60. The van der Waals surface area contributed by atoms with Gasteiger partial charge in [0.1, 0.15) is 23.7 Å². The molecule has 0 unspecified atom stereocenters. The Morgan fingerprint density at radius 2 is 1.77 bits per heavy atom. The molecule has 0 saturated carbocycles. The maximum atomic E-state index is 5.91. The zero-order valence-electron chi connectivity index (χ0n) is 14.6. The van der Waals surface area contributed by atoms with E-state index in [1.807, 2.05) is 61.5 Å². The molecule has 0 fully saturated rings. The molecule has 26 heavy (non-hydrogen) atoms. The lowest BCUT2D eigenvalue weighted by molar-refractivity contribution is 0.342. The second-order valence-electron chi connectivity index (χ2n) is 5.65. The van der Waals surface area contributed by atoms with E-state index in [4.69, 9.17) is 16.3 Å². The SMILES string of the molecule is CCOc1ccccc1Nc1cc(NCCc2ccc(Cl)cc2)ncn1. The molecule has 3 aromatic rings. The summed E-state index contributed by atoms with van der Waals surface area (Å²) in [7, 11) is 0. The number of hydrogen-bond acceptors (Lipinski definition) is 5. The van der Waals surface area contributed by atoms with E-state index in [9.17, 15) is 0 Å². The summed E-state index contributed by atoms with van der Waals surface area (Å²) in [4.78, 5) is 8.55. The van der Waals surface area contributed by atoms with Crippen molar-refractivity contribution < 1.29 is 4.74 Å². The first-order valence-corrected chi connectivity index (χ1v) is 8.91. The fraction of sp³-hybridized carbons (Fsp3) is 0.200. The molecule has 0 aliphatic carbocycles. The van der Waals surface area contributed by atoms with Crippen LogP contribution in [0.15, 0.2) is 60.9 Å². The molecule has 1 aromatic heterocycles. The minimum atomic E-state index is 0.611. The van der Waals surface area contributed by atoms with Gasteiger partial charge in [-0.3, -0.25) is 0 Å². The van der Waals surface area contributed by atoms with E-state index in [1.165, 1.54) is 11.9 Å². The minimum Gasteiger partial charge on any atom is -0.492 e. The van der Waals surface area contributed by atoms with Gasteiger partial charge in [-0.25, -0.2) is 9.97 Å². The summed E-state index contributed by atoms with van der Waals surface area (Å²) < 4.78 is 5.63. The number of benzene rings is 2. The molecular weight excluding hydrogens is 348 g/mol. The molecule has 2 aromatic carbocycles. The van der Waals surface area contributed by atoms with Crippen molar-refractivity contribution in [2.24, 2.45) is 0 Å². The van der Waals surface area contributed by atoms with Gasteiger partial charge in [0.25, 0.3) is 0 Å². The van der Waals surface area contributed by atoms with E-state index in [0.29, 0.717) is 12.4 Å². The van der Waals surface area contributed by atoms with Crippen molar-refractivity contribution in [3.63, 3.8) is 0 Å². The van der Waals surface area contributed by atoms with E-state index in [2.05, 4.69) is 20.6 Å². The van der Waals surface area contributed by atoms with Crippen LogP contribution in [0.2, 0.25) is 5.02 Å². The first-order chi connectivity index (χ1) is 12.7. The van der Waals surface area contributed by atoms with Gasteiger partial charge in [-0.1, -0.05) is 35.9 Å². The first-order valence-electron chi connectivity index (χ1n) is 8.54. The smallest absolute Gasteiger partial charge is 0.142 e. The Hall–Kier alpha value is -2.79. The van der Waals surface area contributed by atoms with Crippen LogP contribution in [0.5, 0.6) is 5.75 Å². The Kier molecular flexibility index (Phi) is 6.28. The molecular formula is C20H21ClN4O. The summed E-state index contributed by atoms with van der Waals surface area (Å²) in [5, 5.41) is 7.35. The van der Waals surface area contributed by atoms with Crippen molar-refractivity contribution in [1.29, 1.82) is 0 Å². The lowest BCUT2D eigenvalue weighted by Crippen LogP contribution is -2.07. The molecule has 5 nitrogen and oxygen atoms in total. The summed E-state index contributed by atoms with van der Waals surface area (Å²) in [6.45, 7) is 3.35. The van der Waals surface area contributed by atoms with Crippen LogP contribution in [0.25, 0.3) is 0 Å². The van der Waals surface area contributed by atoms with Crippen LogP contribution < -0.4 is 15.4 Å². The van der Waals surface area contributed by atoms with E-state index >= 15 is 0 Å². The molecule has 0 aliphatic rings. The summed E-state index contributed by atoms with van der Waals surface area (Å²) >= 11 is 5.91. The molecule has 0 radical (unpaired) electrons. The molecule has 0 amide bonds. The number of rotatable bonds is 8. The van der Waals surface area contributed by atoms with Crippen molar-refractivity contribution in [3.8, 4) is 5.75 Å². The molecule has 0 atom stereocenters. The van der Waals surface area contributed by atoms with Gasteiger partial charge in [-0.2, -0.15) is 0 Å². The molecule has 0 bridgehead atoms. The summed E-state index contributed by atoms with van der Waals surface area (Å²) in [6, 6.07) is 17.5. The van der Waals surface area contributed by atoms with Crippen LogP contribution >= 0.6 is 11.6 Å². The van der Waals surface area contributed by atoms with Gasteiger partial charge in [0.05, 0.1) is 12.3 Å².